The van der Waals surface area contributed by atoms with Gasteiger partial charge in [-0.05, 0) is 25.8 Å². The van der Waals surface area contributed by atoms with E-state index < -0.39 is 5.60 Å². The van der Waals surface area contributed by atoms with Gasteiger partial charge in [-0.25, -0.2) is 0 Å². The summed E-state index contributed by atoms with van der Waals surface area (Å²) in [5, 5.41) is 16.6. The number of hydrogen-bond donors (Lipinski definition) is 3. The van der Waals surface area contributed by atoms with Gasteiger partial charge in [0.15, 0.2) is 0 Å². The van der Waals surface area contributed by atoms with E-state index >= 15 is 0 Å². The fourth-order valence-electron chi connectivity index (χ4n) is 2.12. The summed E-state index contributed by atoms with van der Waals surface area (Å²) in [7, 11) is 0. The molecule has 4 nitrogen and oxygen atoms in total. The van der Waals surface area contributed by atoms with E-state index in [1.54, 1.807) is 0 Å². The van der Waals surface area contributed by atoms with Crippen LogP contribution in [0.4, 0.5) is 0 Å². The Morgan fingerprint density at radius 1 is 1.57 bits per heavy atom. The van der Waals surface area contributed by atoms with Gasteiger partial charge in [0.25, 0.3) is 0 Å². The van der Waals surface area contributed by atoms with Crippen LogP contribution in [-0.2, 0) is 4.74 Å². The van der Waals surface area contributed by atoms with Gasteiger partial charge in [-0.1, -0.05) is 0 Å². The molecular formula is C10H20N2O2. The Morgan fingerprint density at radius 2 is 2.50 bits per heavy atom. The highest BCUT2D eigenvalue weighted by molar-refractivity contribution is 4.90. The number of ether oxygens (including phenoxy) is 1. The lowest BCUT2D eigenvalue weighted by atomic mass is 10.0. The van der Waals surface area contributed by atoms with Crippen molar-refractivity contribution in [1.82, 2.24) is 10.6 Å². The first-order valence-electron chi connectivity index (χ1n) is 5.53. The molecule has 2 atom stereocenters. The first-order chi connectivity index (χ1) is 6.79. The van der Waals surface area contributed by atoms with E-state index in [-0.39, 0.29) is 0 Å². The zero-order valence-electron chi connectivity index (χ0n) is 8.59. The average Bonchev–Trinajstić information content (AvgIpc) is 2.65. The maximum absolute atomic E-state index is 10.1. The van der Waals surface area contributed by atoms with Crippen molar-refractivity contribution in [2.24, 2.45) is 0 Å². The summed E-state index contributed by atoms with van der Waals surface area (Å²) in [6.07, 6.45) is 3.16. The summed E-state index contributed by atoms with van der Waals surface area (Å²) < 4.78 is 5.37. The first kappa shape index (κ1) is 10.4. The minimum Gasteiger partial charge on any atom is -0.387 e. The van der Waals surface area contributed by atoms with Crippen molar-refractivity contribution >= 4 is 0 Å². The minimum absolute atomic E-state index is 0.438. The highest BCUT2D eigenvalue weighted by atomic mass is 16.5. The molecule has 0 amide bonds. The van der Waals surface area contributed by atoms with E-state index in [4.69, 9.17) is 4.74 Å². The van der Waals surface area contributed by atoms with E-state index in [9.17, 15) is 5.11 Å². The summed E-state index contributed by atoms with van der Waals surface area (Å²) in [5.41, 5.74) is -0.530. The Bertz CT molecular complexity index is 175. The smallest absolute Gasteiger partial charge is 0.0907 e. The predicted octanol–water partition coefficient (Wildman–Crippen LogP) is -0.521. The zero-order chi connectivity index (χ0) is 9.86. The molecule has 2 heterocycles. The van der Waals surface area contributed by atoms with Gasteiger partial charge in [0.2, 0.25) is 0 Å². The van der Waals surface area contributed by atoms with Gasteiger partial charge in [-0.2, -0.15) is 0 Å². The summed E-state index contributed by atoms with van der Waals surface area (Å²) in [6.45, 7) is 4.02. The molecule has 2 fully saturated rings. The molecule has 0 aromatic rings. The second-order valence-electron chi connectivity index (χ2n) is 4.45. The number of rotatable bonds is 3. The molecule has 2 unspecified atom stereocenters. The molecule has 0 spiro atoms. The molecule has 3 N–H and O–H groups in total. The molecule has 4 heteroatoms. The van der Waals surface area contributed by atoms with Gasteiger partial charge in [-0.3, -0.25) is 0 Å². The zero-order valence-corrected chi connectivity index (χ0v) is 8.59. The molecule has 14 heavy (non-hydrogen) atoms. The monoisotopic (exact) mass is 200 g/mol. The highest BCUT2D eigenvalue weighted by Crippen LogP contribution is 2.14. The number of aliphatic hydroxyl groups is 1. The molecule has 0 saturated carbocycles. The Kier molecular flexibility index (Phi) is 3.38. The van der Waals surface area contributed by atoms with Crippen molar-refractivity contribution < 1.29 is 9.84 Å². The lowest BCUT2D eigenvalue weighted by Crippen LogP contribution is -2.48. The van der Waals surface area contributed by atoms with E-state index in [0.29, 0.717) is 19.1 Å². The van der Waals surface area contributed by atoms with Crippen LogP contribution in [0.25, 0.3) is 0 Å². The van der Waals surface area contributed by atoms with Crippen LogP contribution < -0.4 is 10.6 Å². The molecule has 2 saturated heterocycles. The Hall–Kier alpha value is -0.160. The number of nitrogens with one attached hydrogen (secondary N) is 2. The van der Waals surface area contributed by atoms with Gasteiger partial charge in [-0.15, -0.1) is 0 Å². The summed E-state index contributed by atoms with van der Waals surface area (Å²) in [5.74, 6) is 0. The lowest BCUT2D eigenvalue weighted by Gasteiger charge is -2.28. The van der Waals surface area contributed by atoms with Crippen LogP contribution in [0.15, 0.2) is 0 Å². The second-order valence-corrected chi connectivity index (χ2v) is 4.45. The van der Waals surface area contributed by atoms with E-state index in [2.05, 4.69) is 10.6 Å². The van der Waals surface area contributed by atoms with Crippen LogP contribution in [0.2, 0.25) is 0 Å². The van der Waals surface area contributed by atoms with Crippen molar-refractivity contribution in [3.05, 3.63) is 0 Å². The predicted molar refractivity (Wildman–Crippen MR) is 54.3 cm³/mol. The topological polar surface area (TPSA) is 53.5 Å². The highest BCUT2D eigenvalue weighted by Gasteiger charge is 2.31. The molecule has 0 aromatic heterocycles. The number of β-amino-alcohol motifs (C(OH)–C–C–N with tert-alkyl or cyclic N) is 1. The maximum atomic E-state index is 10.1. The molecular weight excluding hydrogens is 180 g/mol. The van der Waals surface area contributed by atoms with Gasteiger partial charge in [0, 0.05) is 25.7 Å². The van der Waals surface area contributed by atoms with E-state index in [0.717, 1.165) is 32.6 Å². The Morgan fingerprint density at radius 3 is 3.14 bits per heavy atom. The van der Waals surface area contributed by atoms with E-state index in [1.807, 2.05) is 0 Å². The van der Waals surface area contributed by atoms with Gasteiger partial charge in [0.05, 0.1) is 12.2 Å². The second kappa shape index (κ2) is 4.57. The van der Waals surface area contributed by atoms with Crippen LogP contribution in [0, 0.1) is 0 Å². The summed E-state index contributed by atoms with van der Waals surface area (Å²) >= 11 is 0. The minimum atomic E-state index is -0.530. The Balaban J connectivity index is 1.70. The van der Waals surface area contributed by atoms with Gasteiger partial charge >= 0.3 is 0 Å². The number of hydrogen-bond acceptors (Lipinski definition) is 4. The third-order valence-corrected chi connectivity index (χ3v) is 3.10. The molecule has 2 aliphatic heterocycles. The van der Waals surface area contributed by atoms with Crippen molar-refractivity contribution in [2.45, 2.75) is 30.9 Å². The SMILES string of the molecule is OC1(CNC2CCCOC2)CCNC1. The molecule has 0 radical (unpaired) electrons. The summed E-state index contributed by atoms with van der Waals surface area (Å²) in [4.78, 5) is 0. The third-order valence-electron chi connectivity index (χ3n) is 3.10. The quantitative estimate of drug-likeness (QED) is 0.574. The van der Waals surface area contributed by atoms with Crippen molar-refractivity contribution in [2.75, 3.05) is 32.8 Å². The standard InChI is InChI=1S/C10H20N2O2/c13-10(3-4-11-7-10)8-12-9-2-1-5-14-6-9/h9,11-13H,1-8H2. The average molecular weight is 200 g/mol. The largest absolute Gasteiger partial charge is 0.387 e. The maximum Gasteiger partial charge on any atom is 0.0907 e. The molecule has 2 aliphatic rings. The molecule has 0 bridgehead atoms. The Labute approximate surface area is 85.0 Å². The van der Waals surface area contributed by atoms with Gasteiger partial charge in [0.1, 0.15) is 0 Å². The van der Waals surface area contributed by atoms with E-state index in [1.165, 1.54) is 6.42 Å². The fraction of sp³-hybridized carbons (Fsp3) is 1.00. The van der Waals surface area contributed by atoms with Crippen LogP contribution in [0.1, 0.15) is 19.3 Å². The van der Waals surface area contributed by atoms with Gasteiger partial charge < -0.3 is 20.5 Å². The van der Waals surface area contributed by atoms with Crippen LogP contribution in [-0.4, -0.2) is 49.6 Å². The van der Waals surface area contributed by atoms with Crippen molar-refractivity contribution in [3.8, 4) is 0 Å². The normalized spacial score (nSPS) is 38.8. The van der Waals surface area contributed by atoms with Crippen molar-refractivity contribution in [1.29, 1.82) is 0 Å². The first-order valence-corrected chi connectivity index (χ1v) is 5.53. The van der Waals surface area contributed by atoms with Crippen LogP contribution in [0.3, 0.4) is 0 Å². The van der Waals surface area contributed by atoms with Crippen molar-refractivity contribution in [3.63, 3.8) is 0 Å². The van der Waals surface area contributed by atoms with Crippen LogP contribution >= 0.6 is 0 Å². The molecule has 82 valence electrons. The molecule has 0 aromatic carbocycles. The fourth-order valence-corrected chi connectivity index (χ4v) is 2.12. The summed E-state index contributed by atoms with van der Waals surface area (Å²) in [6, 6.07) is 0.438. The lowest BCUT2D eigenvalue weighted by molar-refractivity contribution is 0.0356. The third kappa shape index (κ3) is 2.67. The van der Waals surface area contributed by atoms with Crippen LogP contribution in [0.5, 0.6) is 0 Å². The molecule has 0 aliphatic carbocycles. The molecule has 2 rings (SSSR count).